The fourth-order valence-corrected chi connectivity index (χ4v) is 6.55. The monoisotopic (exact) mass is 592 g/mol. The van der Waals surface area contributed by atoms with Crippen LogP contribution in [0.3, 0.4) is 0 Å². The van der Waals surface area contributed by atoms with Gasteiger partial charge in [0.15, 0.2) is 6.23 Å². The van der Waals surface area contributed by atoms with Crippen molar-refractivity contribution in [1.29, 1.82) is 1.43 Å². The maximum Gasteiger partial charge on any atom is 0.351 e. The normalized spacial score (nSPS) is 24.4. The predicted molar refractivity (Wildman–Crippen MR) is 155 cm³/mol. The van der Waals surface area contributed by atoms with Crippen molar-refractivity contribution in [3.63, 3.8) is 0 Å². The highest BCUT2D eigenvalue weighted by atomic mass is 31.2. The van der Waals surface area contributed by atoms with Crippen LogP contribution in [0.15, 0.2) is 41.3 Å². The number of carbonyl (C=O) groups excluding carboxylic acids is 1. The lowest BCUT2D eigenvalue weighted by Crippen LogP contribution is -2.40. The summed E-state index contributed by atoms with van der Waals surface area (Å²) in [5.41, 5.74) is -0.729. The molecule has 0 aliphatic carbocycles. The minimum atomic E-state index is -1.62. The number of rotatable bonds is 11. The molecule has 0 radical (unpaired) electrons. The number of hydrogen-bond acceptors (Lipinski definition) is 9. The SMILES string of the molecule is [2H]C[C@@]12COC([C@H](n3cc(C)c(NC(=O)c4ccccc4)nc3=O)O1)[C@H]2OP(OCC[N+]#[C-])N(C(C)C)C(C)C.[3H]OC. The number of aliphatic hydroxyl groups is 1. The Morgan fingerprint density at radius 3 is 2.71 bits per heavy atom. The summed E-state index contributed by atoms with van der Waals surface area (Å²) in [4.78, 5) is 33.3. The van der Waals surface area contributed by atoms with E-state index in [1.165, 1.54) is 11.7 Å². The number of ether oxygens (including phenoxy) is 2. The van der Waals surface area contributed by atoms with Crippen LogP contribution < -0.4 is 11.0 Å². The van der Waals surface area contributed by atoms with Gasteiger partial charge in [0.2, 0.25) is 7.98 Å². The molecular weight excluding hydrogens is 549 g/mol. The summed E-state index contributed by atoms with van der Waals surface area (Å²) >= 11 is 0. The topological polar surface area (TPSA) is 129 Å². The number of aliphatic hydroxyl groups excluding tert-OH is 1. The number of nitrogens with one attached hydrogen (secondary N) is 1. The molecule has 2 bridgehead atoms. The van der Waals surface area contributed by atoms with Gasteiger partial charge < -0.3 is 33.8 Å². The zero-order valence-corrected chi connectivity index (χ0v) is 25.2. The molecule has 1 aromatic carbocycles. The summed E-state index contributed by atoms with van der Waals surface area (Å²) in [7, 11) is -0.328. The average Bonchev–Trinajstić information content (AvgIpc) is 3.47. The van der Waals surface area contributed by atoms with E-state index in [1.807, 2.05) is 33.8 Å². The molecule has 0 spiro atoms. The molecular formula is C28H40N5O7P. The van der Waals surface area contributed by atoms with Crippen molar-refractivity contribution in [2.75, 3.05) is 32.2 Å². The second-order valence-corrected chi connectivity index (χ2v) is 11.6. The van der Waals surface area contributed by atoms with Gasteiger partial charge in [-0.2, -0.15) is 4.98 Å². The van der Waals surface area contributed by atoms with Crippen molar-refractivity contribution < 1.29 is 29.8 Å². The third-order valence-corrected chi connectivity index (χ3v) is 8.62. The summed E-state index contributed by atoms with van der Waals surface area (Å²) in [5.74, 6) is -0.218. The Kier molecular flexibility index (Phi) is 10.5. The lowest BCUT2D eigenvalue weighted by atomic mass is 10.0. The Morgan fingerprint density at radius 1 is 1.41 bits per heavy atom. The summed E-state index contributed by atoms with van der Waals surface area (Å²) in [6.07, 6.45) is -0.681. The first-order chi connectivity index (χ1) is 20.5. The van der Waals surface area contributed by atoms with Gasteiger partial charge in [-0.25, -0.2) is 16.0 Å². The number of aromatic nitrogens is 2. The van der Waals surface area contributed by atoms with E-state index in [-0.39, 0.29) is 50.5 Å². The molecule has 2 aliphatic heterocycles. The number of aryl methyl sites for hydroxylation is 1. The molecule has 12 nitrogen and oxygen atoms in total. The Hall–Kier alpha value is -2.75. The molecule has 0 saturated carbocycles. The van der Waals surface area contributed by atoms with Crippen LogP contribution in [0.5, 0.6) is 0 Å². The Bertz CT molecular complexity index is 1300. The summed E-state index contributed by atoms with van der Waals surface area (Å²) in [5, 5.41) is 6.20. The van der Waals surface area contributed by atoms with E-state index in [9.17, 15) is 9.59 Å². The molecule has 13 heteroatoms. The highest BCUT2D eigenvalue weighted by Crippen LogP contribution is 2.54. The van der Waals surface area contributed by atoms with E-state index in [4.69, 9.17) is 27.9 Å². The molecule has 41 heavy (non-hydrogen) atoms. The van der Waals surface area contributed by atoms with Crippen LogP contribution in [0.1, 0.15) is 58.1 Å². The molecule has 2 aliphatic rings. The van der Waals surface area contributed by atoms with Gasteiger partial charge in [-0.1, -0.05) is 18.2 Å². The second kappa shape index (κ2) is 14.4. The average molecular weight is 593 g/mol. The van der Waals surface area contributed by atoms with E-state index in [0.29, 0.717) is 11.1 Å². The third kappa shape index (κ3) is 7.37. The number of anilines is 1. The standard InChI is InChI=1S/C27H36N5O6P.CH4O/c1-17(2)32(18(3)4)39(36-14-13-28-7)38-22-21-25(37-27(22,6)16-35-21)31-15-19(5)23(30-26(31)34)29-24(33)20-11-9-8-10-12-20;1-2/h8-12,15,17-18,21-22,25H,13-14,16H2,1-6H3,(H,29,30,33,34);2H,1H3/t21?,22-,25-,27+,39?;/m1./s1/i6D;2T. The van der Waals surface area contributed by atoms with Gasteiger partial charge >= 0.3 is 5.69 Å². The zero-order chi connectivity index (χ0) is 31.7. The first-order valence-corrected chi connectivity index (χ1v) is 14.4. The van der Waals surface area contributed by atoms with Gasteiger partial charge in [0.25, 0.3) is 14.4 Å². The highest BCUT2D eigenvalue weighted by molar-refractivity contribution is 7.44. The van der Waals surface area contributed by atoms with Gasteiger partial charge in [-0.3, -0.25) is 9.36 Å². The quantitative estimate of drug-likeness (QED) is 0.228. The van der Waals surface area contributed by atoms with E-state index in [1.54, 1.807) is 37.4 Å². The Balaban J connectivity index is 0.00000162. The largest absolute Gasteiger partial charge is 0.400 e. The Labute approximate surface area is 245 Å². The number of carbonyl (C=O) groups is 1. The minimum Gasteiger partial charge on any atom is -0.400 e. The molecule has 4 rings (SSSR count). The lowest BCUT2D eigenvalue weighted by molar-refractivity contribution is -0.167. The molecule has 224 valence electrons. The first kappa shape index (κ1) is 29.7. The fraction of sp³-hybridized carbons (Fsp3) is 0.571. The van der Waals surface area contributed by atoms with Gasteiger partial charge in [0, 0.05) is 37.9 Å². The van der Waals surface area contributed by atoms with Crippen molar-refractivity contribution in [2.45, 2.75) is 77.6 Å². The zero-order valence-electron chi connectivity index (χ0n) is 26.3. The summed E-state index contributed by atoms with van der Waals surface area (Å²) in [6, 6.07) is 8.85. The van der Waals surface area contributed by atoms with Crippen molar-refractivity contribution in [3.8, 4) is 0 Å². The molecule has 5 atom stereocenters. The second-order valence-electron chi connectivity index (χ2n) is 10.2. The van der Waals surface area contributed by atoms with Crippen LogP contribution >= 0.6 is 8.53 Å². The number of hydrogen-bond donors (Lipinski definition) is 2. The predicted octanol–water partition coefficient (Wildman–Crippen LogP) is 3.77. The fourth-order valence-electron chi connectivity index (χ4n) is 4.75. The van der Waals surface area contributed by atoms with Crippen LogP contribution in [-0.4, -0.2) is 83.4 Å². The highest BCUT2D eigenvalue weighted by Gasteiger charge is 2.62. The third-order valence-electron chi connectivity index (χ3n) is 6.51. The molecule has 2 aromatic rings. The molecule has 3 heterocycles. The van der Waals surface area contributed by atoms with Gasteiger partial charge in [0.05, 0.1) is 6.61 Å². The molecule has 2 N–H and O–H groups in total. The van der Waals surface area contributed by atoms with E-state index < -0.39 is 38.3 Å². The van der Waals surface area contributed by atoms with E-state index in [0.717, 1.165) is 0 Å². The molecule has 2 fully saturated rings. The van der Waals surface area contributed by atoms with Crippen LogP contribution in [0.2, 0.25) is 0 Å². The van der Waals surface area contributed by atoms with Crippen molar-refractivity contribution in [1.82, 2.24) is 14.2 Å². The molecule has 1 amide bonds. The number of benzene rings is 1. The van der Waals surface area contributed by atoms with Gasteiger partial charge in [0.1, 0.15) is 30.2 Å². The van der Waals surface area contributed by atoms with E-state index >= 15 is 0 Å². The minimum absolute atomic E-state index is 0.0933. The van der Waals surface area contributed by atoms with Crippen molar-refractivity contribution in [3.05, 3.63) is 69.6 Å². The van der Waals surface area contributed by atoms with Crippen LogP contribution in [0.25, 0.3) is 4.85 Å². The first-order valence-electron chi connectivity index (χ1n) is 14.4. The van der Waals surface area contributed by atoms with Gasteiger partial charge in [-0.05, 0) is 53.7 Å². The smallest absolute Gasteiger partial charge is 0.351 e. The molecule has 2 saturated heterocycles. The van der Waals surface area contributed by atoms with Crippen molar-refractivity contribution >= 4 is 20.3 Å². The van der Waals surface area contributed by atoms with Gasteiger partial charge in [-0.15, -0.1) is 0 Å². The molecule has 2 unspecified atom stereocenters. The summed E-state index contributed by atoms with van der Waals surface area (Å²) in [6.45, 7) is 17.4. The summed E-state index contributed by atoms with van der Waals surface area (Å²) < 4.78 is 42.5. The van der Waals surface area contributed by atoms with Crippen molar-refractivity contribution in [2.24, 2.45) is 0 Å². The molecule has 1 aromatic heterocycles. The number of nitrogens with zero attached hydrogens (tertiary/aromatic N) is 4. The van der Waals surface area contributed by atoms with Crippen LogP contribution in [0, 0.1) is 13.5 Å². The Morgan fingerprint density at radius 2 is 2.10 bits per heavy atom. The van der Waals surface area contributed by atoms with Crippen LogP contribution in [0.4, 0.5) is 5.82 Å². The van der Waals surface area contributed by atoms with E-state index in [2.05, 4.69) is 24.9 Å². The number of fused-ring (bicyclic) bond motifs is 2. The number of amides is 1. The maximum absolute atomic E-state index is 13.2. The van der Waals surface area contributed by atoms with Crippen LogP contribution in [-0.2, 0) is 18.5 Å². The maximum atomic E-state index is 13.2. The lowest BCUT2D eigenvalue weighted by Gasteiger charge is -2.37.